The molecular formula is C12H24O4. The Bertz CT molecular complexity index is 182. The third-order valence-electron chi connectivity index (χ3n) is 2.56. The third-order valence-corrected chi connectivity index (χ3v) is 2.56. The minimum Gasteiger partial charge on any atom is -0.390 e. The summed E-state index contributed by atoms with van der Waals surface area (Å²) in [5.74, 6) is 0.239. The minimum absolute atomic E-state index is 0.124. The van der Waals surface area contributed by atoms with E-state index in [1.54, 1.807) is 0 Å². The van der Waals surface area contributed by atoms with Crippen molar-refractivity contribution in [2.75, 3.05) is 33.0 Å². The van der Waals surface area contributed by atoms with Gasteiger partial charge >= 0.3 is 0 Å². The molecular weight excluding hydrogens is 208 g/mol. The van der Waals surface area contributed by atoms with Crippen molar-refractivity contribution in [2.24, 2.45) is 5.92 Å². The van der Waals surface area contributed by atoms with Gasteiger partial charge in [0.25, 0.3) is 0 Å². The van der Waals surface area contributed by atoms with Crippen LogP contribution in [0.15, 0.2) is 0 Å². The summed E-state index contributed by atoms with van der Waals surface area (Å²) in [6, 6.07) is 0. The van der Waals surface area contributed by atoms with Crippen molar-refractivity contribution in [1.82, 2.24) is 0 Å². The Kier molecular flexibility index (Phi) is 5.69. The zero-order valence-electron chi connectivity index (χ0n) is 10.6. The zero-order chi connectivity index (χ0) is 12.0. The average Bonchev–Trinajstić information content (AvgIpc) is 2.67. The second kappa shape index (κ2) is 6.55. The van der Waals surface area contributed by atoms with E-state index in [9.17, 15) is 5.11 Å². The molecule has 0 spiro atoms. The molecule has 0 radical (unpaired) electrons. The van der Waals surface area contributed by atoms with E-state index in [4.69, 9.17) is 14.2 Å². The van der Waals surface area contributed by atoms with Crippen molar-refractivity contribution in [3.63, 3.8) is 0 Å². The van der Waals surface area contributed by atoms with Crippen LogP contribution >= 0.6 is 0 Å². The summed E-state index contributed by atoms with van der Waals surface area (Å²) >= 11 is 0. The maximum absolute atomic E-state index is 9.76. The Morgan fingerprint density at radius 2 is 2.12 bits per heavy atom. The standard InChI is InChI=1S/C12H24O4/c1-12(2,3)16-7-6-15-9-11(13)10-4-5-14-8-10/h10-11,13H,4-9H2,1-3H3. The van der Waals surface area contributed by atoms with Crippen molar-refractivity contribution in [2.45, 2.75) is 38.9 Å². The van der Waals surface area contributed by atoms with E-state index >= 15 is 0 Å². The van der Waals surface area contributed by atoms with E-state index in [0.29, 0.717) is 26.4 Å². The normalized spacial score (nSPS) is 23.6. The molecule has 0 aromatic rings. The molecule has 2 atom stereocenters. The van der Waals surface area contributed by atoms with Crippen LogP contribution in [0.25, 0.3) is 0 Å². The molecule has 0 saturated carbocycles. The van der Waals surface area contributed by atoms with Gasteiger partial charge in [-0.2, -0.15) is 0 Å². The Morgan fingerprint density at radius 3 is 2.69 bits per heavy atom. The van der Waals surface area contributed by atoms with Gasteiger partial charge in [-0.3, -0.25) is 0 Å². The fraction of sp³-hybridized carbons (Fsp3) is 1.00. The molecule has 0 amide bonds. The highest BCUT2D eigenvalue weighted by Gasteiger charge is 2.23. The summed E-state index contributed by atoms with van der Waals surface area (Å²) in [7, 11) is 0. The van der Waals surface area contributed by atoms with Gasteiger partial charge in [-0.15, -0.1) is 0 Å². The predicted molar refractivity (Wildman–Crippen MR) is 61.5 cm³/mol. The molecule has 1 N–H and O–H groups in total. The first-order chi connectivity index (χ1) is 7.49. The highest BCUT2D eigenvalue weighted by molar-refractivity contribution is 4.72. The van der Waals surface area contributed by atoms with Crippen molar-refractivity contribution < 1.29 is 19.3 Å². The molecule has 0 aliphatic carbocycles. The van der Waals surface area contributed by atoms with E-state index in [0.717, 1.165) is 13.0 Å². The molecule has 0 aromatic heterocycles. The topological polar surface area (TPSA) is 47.9 Å². The molecule has 96 valence electrons. The summed E-state index contributed by atoms with van der Waals surface area (Å²) in [6.45, 7) is 8.92. The molecule has 1 saturated heterocycles. The van der Waals surface area contributed by atoms with Crippen molar-refractivity contribution in [1.29, 1.82) is 0 Å². The number of aliphatic hydroxyl groups is 1. The van der Waals surface area contributed by atoms with E-state index in [1.807, 2.05) is 20.8 Å². The van der Waals surface area contributed by atoms with E-state index < -0.39 is 6.10 Å². The molecule has 0 aromatic carbocycles. The van der Waals surface area contributed by atoms with Crippen molar-refractivity contribution >= 4 is 0 Å². The number of hydrogen-bond donors (Lipinski definition) is 1. The minimum atomic E-state index is -0.405. The first kappa shape index (κ1) is 13.9. The van der Waals surface area contributed by atoms with Gasteiger partial charge in [0, 0.05) is 12.5 Å². The summed E-state index contributed by atoms with van der Waals surface area (Å²) in [4.78, 5) is 0. The lowest BCUT2D eigenvalue weighted by Crippen LogP contribution is -2.28. The molecule has 1 fully saturated rings. The monoisotopic (exact) mass is 232 g/mol. The van der Waals surface area contributed by atoms with Crippen LogP contribution in [0.5, 0.6) is 0 Å². The van der Waals surface area contributed by atoms with E-state index in [1.165, 1.54) is 0 Å². The lowest BCUT2D eigenvalue weighted by atomic mass is 10.0. The molecule has 1 aliphatic rings. The maximum atomic E-state index is 9.76. The van der Waals surface area contributed by atoms with Gasteiger partial charge in [-0.1, -0.05) is 0 Å². The lowest BCUT2D eigenvalue weighted by Gasteiger charge is -2.20. The molecule has 4 heteroatoms. The number of aliphatic hydroxyl groups excluding tert-OH is 1. The molecule has 1 aliphatic heterocycles. The zero-order valence-corrected chi connectivity index (χ0v) is 10.6. The number of rotatable bonds is 6. The lowest BCUT2D eigenvalue weighted by molar-refractivity contribution is -0.0548. The SMILES string of the molecule is CC(C)(C)OCCOCC(O)C1CCOC1. The number of hydrogen-bond acceptors (Lipinski definition) is 4. The summed E-state index contributed by atoms with van der Waals surface area (Å²) in [5, 5.41) is 9.76. The second-order valence-corrected chi connectivity index (χ2v) is 5.23. The molecule has 2 unspecified atom stereocenters. The summed E-state index contributed by atoms with van der Waals surface area (Å²) < 4.78 is 16.1. The van der Waals surface area contributed by atoms with Crippen LogP contribution in [0.3, 0.4) is 0 Å². The molecule has 4 nitrogen and oxygen atoms in total. The van der Waals surface area contributed by atoms with Gasteiger partial charge in [0.1, 0.15) is 0 Å². The summed E-state index contributed by atoms with van der Waals surface area (Å²) in [5.41, 5.74) is -0.124. The molecule has 1 heterocycles. The average molecular weight is 232 g/mol. The van der Waals surface area contributed by atoms with E-state index in [-0.39, 0.29) is 11.5 Å². The Hall–Kier alpha value is -0.160. The third kappa shape index (κ3) is 5.80. The van der Waals surface area contributed by atoms with E-state index in [2.05, 4.69) is 0 Å². The predicted octanol–water partition coefficient (Wildman–Crippen LogP) is 1.22. The quantitative estimate of drug-likeness (QED) is 0.699. The fourth-order valence-corrected chi connectivity index (χ4v) is 1.60. The van der Waals surface area contributed by atoms with Crippen LogP contribution in [0.1, 0.15) is 27.2 Å². The van der Waals surface area contributed by atoms with Gasteiger partial charge in [-0.25, -0.2) is 0 Å². The van der Waals surface area contributed by atoms with Gasteiger partial charge < -0.3 is 19.3 Å². The van der Waals surface area contributed by atoms with Crippen LogP contribution in [0.2, 0.25) is 0 Å². The van der Waals surface area contributed by atoms with Crippen LogP contribution in [0, 0.1) is 5.92 Å². The van der Waals surface area contributed by atoms with Crippen LogP contribution < -0.4 is 0 Å². The second-order valence-electron chi connectivity index (χ2n) is 5.23. The first-order valence-electron chi connectivity index (χ1n) is 5.96. The Balaban J connectivity index is 1.98. The first-order valence-corrected chi connectivity index (χ1v) is 5.96. The van der Waals surface area contributed by atoms with Gasteiger partial charge in [-0.05, 0) is 27.2 Å². The van der Waals surface area contributed by atoms with Crippen LogP contribution in [-0.4, -0.2) is 49.8 Å². The van der Waals surface area contributed by atoms with Gasteiger partial charge in [0.05, 0.1) is 38.1 Å². The summed E-state index contributed by atoms with van der Waals surface area (Å²) in [6.07, 6.45) is 0.528. The molecule has 16 heavy (non-hydrogen) atoms. The fourth-order valence-electron chi connectivity index (χ4n) is 1.60. The highest BCUT2D eigenvalue weighted by atomic mass is 16.5. The smallest absolute Gasteiger partial charge is 0.0824 e. The molecule has 1 rings (SSSR count). The highest BCUT2D eigenvalue weighted by Crippen LogP contribution is 2.16. The maximum Gasteiger partial charge on any atom is 0.0824 e. The van der Waals surface area contributed by atoms with Crippen LogP contribution in [0.4, 0.5) is 0 Å². The Morgan fingerprint density at radius 1 is 1.38 bits per heavy atom. The van der Waals surface area contributed by atoms with Crippen molar-refractivity contribution in [3.05, 3.63) is 0 Å². The largest absolute Gasteiger partial charge is 0.390 e. The Labute approximate surface area is 97.9 Å². The van der Waals surface area contributed by atoms with Gasteiger partial charge in [0.15, 0.2) is 0 Å². The van der Waals surface area contributed by atoms with Crippen molar-refractivity contribution in [3.8, 4) is 0 Å². The van der Waals surface area contributed by atoms with Gasteiger partial charge in [0.2, 0.25) is 0 Å². The van der Waals surface area contributed by atoms with Crippen LogP contribution in [-0.2, 0) is 14.2 Å². The number of ether oxygens (including phenoxy) is 3. The molecule has 0 bridgehead atoms.